The third-order valence-corrected chi connectivity index (χ3v) is 7.59. The maximum Gasteiger partial charge on any atom is 0.252 e. The summed E-state index contributed by atoms with van der Waals surface area (Å²) in [6.07, 6.45) is 2.06. The number of nitrogens with zero attached hydrogens (tertiary/aromatic N) is 1. The molecule has 172 valence electrons. The highest BCUT2D eigenvalue weighted by Crippen LogP contribution is 2.28. The Bertz CT molecular complexity index is 1320. The smallest absolute Gasteiger partial charge is 0.252 e. The zero-order valence-electron chi connectivity index (χ0n) is 18.8. The maximum atomic E-state index is 13.0. The number of aryl methyl sites for hydroxylation is 1. The van der Waals surface area contributed by atoms with Crippen LogP contribution in [-0.2, 0) is 4.79 Å². The van der Waals surface area contributed by atoms with Crippen LogP contribution in [0.1, 0.15) is 45.2 Å². The van der Waals surface area contributed by atoms with E-state index in [1.54, 1.807) is 17.4 Å². The van der Waals surface area contributed by atoms with Gasteiger partial charge in [0.2, 0.25) is 5.91 Å². The highest BCUT2D eigenvalue weighted by molar-refractivity contribution is 7.99. The van der Waals surface area contributed by atoms with Crippen molar-refractivity contribution in [3.63, 3.8) is 0 Å². The molecule has 2 aromatic carbocycles. The van der Waals surface area contributed by atoms with Crippen molar-refractivity contribution in [2.45, 2.75) is 36.9 Å². The Kier molecular flexibility index (Phi) is 6.65. The van der Waals surface area contributed by atoms with Crippen LogP contribution in [-0.4, -0.2) is 28.6 Å². The molecule has 5 rings (SSSR count). The number of thiophene rings is 1. The average Bonchev–Trinajstić information content (AvgIpc) is 3.49. The predicted octanol–water partition coefficient (Wildman–Crippen LogP) is 5.49. The molecule has 1 unspecified atom stereocenters. The summed E-state index contributed by atoms with van der Waals surface area (Å²) in [4.78, 5) is 31.6. The number of hydrogen-bond donors (Lipinski definition) is 2. The number of fused-ring (bicyclic) bond motifs is 1. The first-order chi connectivity index (χ1) is 16.6. The molecule has 2 N–H and O–H groups in total. The minimum Gasteiger partial charge on any atom is -0.349 e. The molecule has 1 aliphatic rings. The lowest BCUT2D eigenvalue weighted by Gasteiger charge is -2.18. The van der Waals surface area contributed by atoms with Gasteiger partial charge in [0.15, 0.2) is 0 Å². The first-order valence-corrected chi connectivity index (χ1v) is 13.2. The zero-order chi connectivity index (χ0) is 23.5. The van der Waals surface area contributed by atoms with E-state index in [0.717, 1.165) is 34.2 Å². The van der Waals surface area contributed by atoms with Crippen LogP contribution in [0.4, 0.5) is 0 Å². The molecule has 4 aromatic rings. The van der Waals surface area contributed by atoms with Gasteiger partial charge in [-0.3, -0.25) is 9.59 Å². The van der Waals surface area contributed by atoms with Gasteiger partial charge in [-0.2, -0.15) is 0 Å². The predicted molar refractivity (Wildman–Crippen MR) is 138 cm³/mol. The summed E-state index contributed by atoms with van der Waals surface area (Å²) in [5, 5.41) is 9.75. The summed E-state index contributed by atoms with van der Waals surface area (Å²) in [5.74, 6) is 0.0513. The van der Waals surface area contributed by atoms with Crippen molar-refractivity contribution < 1.29 is 9.59 Å². The molecule has 0 spiro atoms. The lowest BCUT2D eigenvalue weighted by Crippen LogP contribution is -2.30. The van der Waals surface area contributed by atoms with E-state index in [1.165, 1.54) is 17.3 Å². The number of carbonyl (C=O) groups excluding carboxylic acids is 2. The van der Waals surface area contributed by atoms with E-state index in [1.807, 2.05) is 41.8 Å². The van der Waals surface area contributed by atoms with Crippen LogP contribution < -0.4 is 10.6 Å². The third kappa shape index (κ3) is 5.32. The molecule has 1 aliphatic carbocycles. The first kappa shape index (κ1) is 22.6. The van der Waals surface area contributed by atoms with Crippen LogP contribution >= 0.6 is 23.1 Å². The van der Waals surface area contributed by atoms with Crippen molar-refractivity contribution in [1.82, 2.24) is 15.6 Å². The Morgan fingerprint density at radius 3 is 2.62 bits per heavy atom. The lowest BCUT2D eigenvalue weighted by atomic mass is 10.0. The van der Waals surface area contributed by atoms with Crippen LogP contribution in [0, 0.1) is 6.92 Å². The minimum atomic E-state index is -0.196. The molecule has 5 nitrogen and oxygen atoms in total. The molecule has 0 saturated heterocycles. The molecule has 7 heteroatoms. The standard InChI is InChI=1S/C27H25N3O2S2/c1-17-8-10-18(11-9-17)26(23-7-4-14-33-23)30-24(31)16-34-25-15-21(27(32)28-19-12-13-19)20-5-2-3-6-22(20)29-25/h2-11,14-15,19,26H,12-13,16H2,1H3,(H,28,32)(H,30,31). The van der Waals surface area contributed by atoms with Gasteiger partial charge in [0.25, 0.3) is 5.91 Å². The van der Waals surface area contributed by atoms with Gasteiger partial charge in [0.1, 0.15) is 0 Å². The Hall–Kier alpha value is -3.16. The molecule has 1 fully saturated rings. The highest BCUT2D eigenvalue weighted by Gasteiger charge is 2.25. The summed E-state index contributed by atoms with van der Waals surface area (Å²) >= 11 is 2.97. The van der Waals surface area contributed by atoms with Crippen molar-refractivity contribution in [2.75, 3.05) is 5.75 Å². The van der Waals surface area contributed by atoms with Crippen molar-refractivity contribution in [1.29, 1.82) is 0 Å². The number of benzene rings is 2. The van der Waals surface area contributed by atoms with Gasteiger partial charge < -0.3 is 10.6 Å². The Labute approximate surface area is 207 Å². The van der Waals surface area contributed by atoms with Crippen molar-refractivity contribution in [3.05, 3.63) is 93.7 Å². The fraction of sp³-hybridized carbons (Fsp3) is 0.222. The fourth-order valence-corrected chi connectivity index (χ4v) is 5.31. The lowest BCUT2D eigenvalue weighted by molar-refractivity contribution is -0.119. The van der Waals surface area contributed by atoms with Gasteiger partial charge >= 0.3 is 0 Å². The van der Waals surface area contributed by atoms with E-state index < -0.39 is 0 Å². The number of pyridine rings is 1. The maximum absolute atomic E-state index is 13.0. The SMILES string of the molecule is Cc1ccc(C(NC(=O)CSc2cc(C(=O)NC3CC3)c3ccccc3n2)c2cccs2)cc1. The number of carbonyl (C=O) groups is 2. The van der Waals surface area contributed by atoms with Gasteiger partial charge in [0, 0.05) is 16.3 Å². The van der Waals surface area contributed by atoms with Crippen molar-refractivity contribution >= 4 is 45.8 Å². The van der Waals surface area contributed by atoms with Crippen molar-refractivity contribution in [2.24, 2.45) is 0 Å². The molecule has 2 amide bonds. The second-order valence-corrected chi connectivity index (χ2v) is 10.5. The molecule has 2 aromatic heterocycles. The number of amides is 2. The molecule has 0 aliphatic heterocycles. The molecule has 34 heavy (non-hydrogen) atoms. The Morgan fingerprint density at radius 2 is 1.88 bits per heavy atom. The van der Waals surface area contributed by atoms with E-state index >= 15 is 0 Å². The average molecular weight is 488 g/mol. The van der Waals surface area contributed by atoms with Gasteiger partial charge in [-0.15, -0.1) is 11.3 Å². The normalized spacial score (nSPS) is 14.0. The van der Waals surface area contributed by atoms with Crippen LogP contribution in [0.3, 0.4) is 0 Å². The quantitative estimate of drug-likeness (QED) is 0.322. The van der Waals surface area contributed by atoms with Crippen LogP contribution in [0.2, 0.25) is 0 Å². The second-order valence-electron chi connectivity index (χ2n) is 8.49. The molecular weight excluding hydrogens is 462 g/mol. The number of para-hydroxylation sites is 1. The summed E-state index contributed by atoms with van der Waals surface area (Å²) < 4.78 is 0. The van der Waals surface area contributed by atoms with E-state index in [4.69, 9.17) is 0 Å². The molecule has 0 bridgehead atoms. The number of thioether (sulfide) groups is 1. The van der Waals surface area contributed by atoms with Crippen LogP contribution in [0.5, 0.6) is 0 Å². The molecule has 1 saturated carbocycles. The number of aromatic nitrogens is 1. The third-order valence-electron chi connectivity index (χ3n) is 5.74. The largest absolute Gasteiger partial charge is 0.349 e. The van der Waals surface area contributed by atoms with E-state index in [9.17, 15) is 9.59 Å². The van der Waals surface area contributed by atoms with Gasteiger partial charge in [0.05, 0.1) is 27.9 Å². The summed E-state index contributed by atoms with van der Waals surface area (Å²) in [5.41, 5.74) is 3.59. The van der Waals surface area contributed by atoms with E-state index in [2.05, 4.69) is 46.8 Å². The van der Waals surface area contributed by atoms with E-state index in [-0.39, 0.29) is 29.7 Å². The fourth-order valence-electron chi connectivity index (χ4n) is 3.78. The van der Waals surface area contributed by atoms with E-state index in [0.29, 0.717) is 10.6 Å². The molecular formula is C27H25N3O2S2. The zero-order valence-corrected chi connectivity index (χ0v) is 20.4. The number of hydrogen-bond acceptors (Lipinski definition) is 5. The molecule has 2 heterocycles. The van der Waals surface area contributed by atoms with Crippen LogP contribution in [0.15, 0.2) is 77.1 Å². The molecule has 1 atom stereocenters. The summed E-state index contributed by atoms with van der Waals surface area (Å²) in [7, 11) is 0. The number of rotatable bonds is 8. The minimum absolute atomic E-state index is 0.0791. The monoisotopic (exact) mass is 487 g/mol. The Morgan fingerprint density at radius 1 is 1.09 bits per heavy atom. The summed E-state index contributed by atoms with van der Waals surface area (Å²) in [6, 6.07) is 21.8. The molecule has 0 radical (unpaired) electrons. The topological polar surface area (TPSA) is 71.1 Å². The van der Waals surface area contributed by atoms with Gasteiger partial charge in [-0.1, -0.05) is 65.9 Å². The van der Waals surface area contributed by atoms with Gasteiger partial charge in [-0.25, -0.2) is 4.98 Å². The van der Waals surface area contributed by atoms with Crippen molar-refractivity contribution in [3.8, 4) is 0 Å². The van der Waals surface area contributed by atoms with Gasteiger partial charge in [-0.05, 0) is 48.9 Å². The Balaban J connectivity index is 1.32. The number of nitrogens with one attached hydrogen (secondary N) is 2. The van der Waals surface area contributed by atoms with Crippen LogP contribution in [0.25, 0.3) is 10.9 Å². The highest BCUT2D eigenvalue weighted by atomic mass is 32.2. The first-order valence-electron chi connectivity index (χ1n) is 11.3. The summed E-state index contributed by atoms with van der Waals surface area (Å²) in [6.45, 7) is 2.05. The second kappa shape index (κ2) is 9.99.